The van der Waals surface area contributed by atoms with Crippen LogP contribution >= 0.6 is 0 Å². The molecule has 1 atom stereocenters. The Hall–Kier alpha value is -5.34. The van der Waals surface area contributed by atoms with E-state index in [9.17, 15) is 0 Å². The number of aryl methyl sites for hydroxylation is 1. The Kier molecular flexibility index (Phi) is 7.48. The molecule has 2 nitrogen and oxygen atoms in total. The van der Waals surface area contributed by atoms with Gasteiger partial charge in [-0.15, -0.1) is 0 Å². The molecule has 46 heavy (non-hydrogen) atoms. The number of hydrogen-bond acceptors (Lipinski definition) is 2. The third-order valence-electron chi connectivity index (χ3n) is 9.66. The molecular weight excluding hydrogens is 556 g/mol. The minimum absolute atomic E-state index is 0.269. The summed E-state index contributed by atoms with van der Waals surface area (Å²) in [5, 5.41) is 0. The standard InChI is InChI=1S/C44H38N2/c1-2-12-35-24-28-40(32-20-25-36(26-21-32)45-30-11-14-34-13-9-10-19-43(34)45)41-29-23-33-22-27-39(31-42(33)44(35)41)46(37-15-5-3-6-16-37)38-17-7-4-8-18-38/h2-10,12-13,15-29,42H,11,14,30-31H2,1H3/b12-2-. The second-order valence-corrected chi connectivity index (χ2v) is 12.4. The molecule has 1 aliphatic heterocycles. The minimum Gasteiger partial charge on any atom is -0.341 e. The average Bonchev–Trinajstić information content (AvgIpc) is 3.12. The van der Waals surface area contributed by atoms with Crippen molar-refractivity contribution in [2.45, 2.75) is 32.1 Å². The third-order valence-corrected chi connectivity index (χ3v) is 9.66. The van der Waals surface area contributed by atoms with E-state index in [1.165, 1.54) is 73.8 Å². The van der Waals surface area contributed by atoms with Crippen LogP contribution in [0.5, 0.6) is 0 Å². The van der Waals surface area contributed by atoms with Gasteiger partial charge in [0, 0.05) is 40.9 Å². The Morgan fingerprint density at radius 1 is 0.717 bits per heavy atom. The van der Waals surface area contributed by atoms with Crippen LogP contribution < -0.4 is 9.80 Å². The topological polar surface area (TPSA) is 6.48 Å². The third kappa shape index (κ3) is 5.10. The average molecular weight is 595 g/mol. The van der Waals surface area contributed by atoms with Gasteiger partial charge in [-0.2, -0.15) is 0 Å². The Morgan fingerprint density at radius 3 is 2.17 bits per heavy atom. The van der Waals surface area contributed by atoms with Crippen molar-refractivity contribution in [1.29, 1.82) is 0 Å². The molecule has 0 N–H and O–H groups in total. The van der Waals surface area contributed by atoms with E-state index in [0.29, 0.717) is 0 Å². The van der Waals surface area contributed by atoms with Gasteiger partial charge in [0.1, 0.15) is 0 Å². The van der Waals surface area contributed by atoms with Crippen molar-refractivity contribution in [3.05, 3.63) is 179 Å². The predicted octanol–water partition coefficient (Wildman–Crippen LogP) is 11.6. The van der Waals surface area contributed by atoms with Gasteiger partial charge in [0.15, 0.2) is 0 Å². The molecule has 5 aromatic carbocycles. The fourth-order valence-corrected chi connectivity index (χ4v) is 7.55. The van der Waals surface area contributed by atoms with Crippen molar-refractivity contribution >= 4 is 34.9 Å². The molecule has 0 amide bonds. The summed E-state index contributed by atoms with van der Waals surface area (Å²) >= 11 is 0. The lowest BCUT2D eigenvalue weighted by Gasteiger charge is -2.36. The van der Waals surface area contributed by atoms with Crippen LogP contribution in [0.15, 0.2) is 157 Å². The predicted molar refractivity (Wildman–Crippen MR) is 196 cm³/mol. The van der Waals surface area contributed by atoms with Gasteiger partial charge in [0.25, 0.3) is 0 Å². The fraction of sp³-hybridized carbons (Fsp3) is 0.136. The largest absolute Gasteiger partial charge is 0.341 e. The van der Waals surface area contributed by atoms with Crippen LogP contribution in [-0.2, 0) is 6.42 Å². The molecule has 0 spiro atoms. The van der Waals surface area contributed by atoms with Crippen LogP contribution in [0.4, 0.5) is 22.7 Å². The van der Waals surface area contributed by atoms with E-state index in [-0.39, 0.29) is 5.92 Å². The summed E-state index contributed by atoms with van der Waals surface area (Å²) < 4.78 is 0. The molecule has 0 aromatic heterocycles. The number of rotatable bonds is 6. The molecule has 0 saturated heterocycles. The quantitative estimate of drug-likeness (QED) is 0.193. The molecule has 0 bridgehead atoms. The number of benzene rings is 5. The monoisotopic (exact) mass is 594 g/mol. The zero-order valence-corrected chi connectivity index (χ0v) is 26.3. The van der Waals surface area contributed by atoms with E-state index in [2.05, 4.69) is 175 Å². The summed E-state index contributed by atoms with van der Waals surface area (Å²) in [5.74, 6) is 0.269. The normalized spacial score (nSPS) is 16.7. The van der Waals surface area contributed by atoms with Gasteiger partial charge >= 0.3 is 0 Å². The van der Waals surface area contributed by atoms with Gasteiger partial charge in [-0.1, -0.05) is 109 Å². The van der Waals surface area contributed by atoms with Crippen LogP contribution in [-0.4, -0.2) is 6.54 Å². The van der Waals surface area contributed by atoms with Crippen LogP contribution in [0, 0.1) is 0 Å². The molecule has 0 saturated carbocycles. The zero-order chi connectivity index (χ0) is 30.9. The number of para-hydroxylation sites is 3. The molecule has 2 aliphatic carbocycles. The molecule has 3 aliphatic rings. The van der Waals surface area contributed by atoms with Crippen molar-refractivity contribution in [1.82, 2.24) is 0 Å². The van der Waals surface area contributed by atoms with E-state index < -0.39 is 0 Å². The molecular formula is C44H38N2. The van der Waals surface area contributed by atoms with Crippen LogP contribution in [0.1, 0.15) is 47.9 Å². The lowest BCUT2D eigenvalue weighted by Crippen LogP contribution is -2.24. The maximum atomic E-state index is 2.48. The van der Waals surface area contributed by atoms with Gasteiger partial charge in [-0.25, -0.2) is 0 Å². The summed E-state index contributed by atoms with van der Waals surface area (Å²) in [6.07, 6.45) is 17.1. The summed E-state index contributed by atoms with van der Waals surface area (Å²) in [6.45, 7) is 3.17. The van der Waals surface area contributed by atoms with E-state index in [4.69, 9.17) is 0 Å². The van der Waals surface area contributed by atoms with Crippen molar-refractivity contribution < 1.29 is 0 Å². The molecule has 2 heteroatoms. The van der Waals surface area contributed by atoms with Gasteiger partial charge in [-0.05, 0) is 114 Å². The Bertz CT molecular complexity index is 1960. The molecule has 0 radical (unpaired) electrons. The Morgan fingerprint density at radius 2 is 1.43 bits per heavy atom. The lowest BCUT2D eigenvalue weighted by atomic mass is 9.74. The van der Waals surface area contributed by atoms with Crippen LogP contribution in [0.25, 0.3) is 23.3 Å². The van der Waals surface area contributed by atoms with E-state index >= 15 is 0 Å². The fourth-order valence-electron chi connectivity index (χ4n) is 7.55. The molecule has 0 fully saturated rings. The van der Waals surface area contributed by atoms with Gasteiger partial charge in [0.05, 0.1) is 0 Å². The van der Waals surface area contributed by atoms with E-state index in [1.807, 2.05) is 0 Å². The lowest BCUT2D eigenvalue weighted by molar-refractivity contribution is 0.760. The first-order valence-corrected chi connectivity index (χ1v) is 16.5. The first kappa shape index (κ1) is 28.2. The summed E-state index contributed by atoms with van der Waals surface area (Å²) in [6, 6.07) is 44.2. The summed E-state index contributed by atoms with van der Waals surface area (Å²) in [7, 11) is 0. The second-order valence-electron chi connectivity index (χ2n) is 12.4. The van der Waals surface area contributed by atoms with Gasteiger partial charge in [0.2, 0.25) is 0 Å². The molecule has 5 aromatic rings. The number of hydrogen-bond donors (Lipinski definition) is 0. The number of allylic oxidation sites excluding steroid dienone is 6. The molecule has 8 rings (SSSR count). The van der Waals surface area contributed by atoms with Crippen molar-refractivity contribution in [3.8, 4) is 11.1 Å². The highest BCUT2D eigenvalue weighted by Crippen LogP contribution is 2.48. The number of fused-ring (bicyclic) bond motifs is 4. The summed E-state index contributed by atoms with van der Waals surface area (Å²) in [4.78, 5) is 4.90. The highest BCUT2D eigenvalue weighted by molar-refractivity contribution is 5.85. The van der Waals surface area contributed by atoms with Gasteiger partial charge in [-0.3, -0.25) is 0 Å². The molecule has 1 unspecified atom stereocenters. The van der Waals surface area contributed by atoms with Crippen molar-refractivity contribution in [2.24, 2.45) is 0 Å². The zero-order valence-electron chi connectivity index (χ0n) is 26.3. The highest BCUT2D eigenvalue weighted by atomic mass is 15.2. The molecule has 1 heterocycles. The Balaban J connectivity index is 1.17. The van der Waals surface area contributed by atoms with Crippen LogP contribution in [0.3, 0.4) is 0 Å². The van der Waals surface area contributed by atoms with E-state index in [1.54, 1.807) is 0 Å². The van der Waals surface area contributed by atoms with E-state index in [0.717, 1.165) is 19.4 Å². The maximum absolute atomic E-state index is 2.48. The number of anilines is 4. The smallest absolute Gasteiger partial charge is 0.0458 e. The highest BCUT2D eigenvalue weighted by Gasteiger charge is 2.30. The van der Waals surface area contributed by atoms with Crippen molar-refractivity contribution in [2.75, 3.05) is 16.3 Å². The first-order valence-electron chi connectivity index (χ1n) is 16.5. The second kappa shape index (κ2) is 12.2. The summed E-state index contributed by atoms with van der Waals surface area (Å²) in [5.41, 5.74) is 15.7. The number of nitrogens with zero attached hydrogens (tertiary/aromatic N) is 2. The SMILES string of the molecule is C/C=C\c1ccc(-c2ccc(N3CCCc4ccccc43)cc2)c2c1C1CC(N(c3ccccc3)c3ccccc3)=CC=C1C=C2. The first-order chi connectivity index (χ1) is 22.8. The minimum atomic E-state index is 0.269. The molecule has 224 valence electrons. The van der Waals surface area contributed by atoms with Crippen LogP contribution in [0.2, 0.25) is 0 Å². The van der Waals surface area contributed by atoms with Crippen molar-refractivity contribution in [3.63, 3.8) is 0 Å². The Labute approximate surface area is 273 Å². The maximum Gasteiger partial charge on any atom is 0.0458 e. The van der Waals surface area contributed by atoms with Gasteiger partial charge < -0.3 is 9.80 Å².